The molecule has 0 aliphatic carbocycles. The summed E-state index contributed by atoms with van der Waals surface area (Å²) in [4.78, 5) is 34.1. The van der Waals surface area contributed by atoms with Gasteiger partial charge in [0, 0.05) is 11.6 Å². The summed E-state index contributed by atoms with van der Waals surface area (Å²) < 4.78 is 1.66. The monoisotopic (exact) mass is 507 g/mol. The Morgan fingerprint density at radius 2 is 1.74 bits per heavy atom. The molecule has 0 N–H and O–H groups in total. The Hall–Kier alpha value is -3.15. The second kappa shape index (κ2) is 10.6. The lowest BCUT2D eigenvalue weighted by atomic mass is 10.1. The number of nitrogens with zero attached hydrogens (tertiary/aromatic N) is 3. The van der Waals surface area contributed by atoms with Crippen LogP contribution in [0.4, 0.5) is 0 Å². The molecule has 0 aliphatic rings. The van der Waals surface area contributed by atoms with Crippen LogP contribution in [0.25, 0.3) is 16.6 Å². The van der Waals surface area contributed by atoms with Gasteiger partial charge in [-0.15, -0.1) is 0 Å². The Labute approximate surface area is 214 Å². The lowest BCUT2D eigenvalue weighted by molar-refractivity contribution is 0.0681. The number of fused-ring (bicyclic) bond motifs is 1. The predicted octanol–water partition coefficient (Wildman–Crippen LogP) is 6.87. The highest BCUT2D eigenvalue weighted by Crippen LogP contribution is 2.29. The van der Waals surface area contributed by atoms with Crippen LogP contribution in [0.3, 0.4) is 0 Å². The molecule has 7 heteroatoms. The summed E-state index contributed by atoms with van der Waals surface area (Å²) in [6, 6.07) is 19.4. The van der Waals surface area contributed by atoms with Crippen LogP contribution in [-0.4, -0.2) is 26.9 Å². The van der Waals surface area contributed by atoms with E-state index in [4.69, 9.17) is 28.2 Å². The Kier molecular flexibility index (Phi) is 7.58. The molecular formula is C28H27Cl2N3O2. The van der Waals surface area contributed by atoms with Gasteiger partial charge < -0.3 is 4.90 Å². The predicted molar refractivity (Wildman–Crippen MR) is 143 cm³/mol. The van der Waals surface area contributed by atoms with Crippen LogP contribution >= 0.6 is 23.2 Å². The smallest absolute Gasteiger partial charge is 0.266 e. The Balaban J connectivity index is 1.94. The van der Waals surface area contributed by atoms with Crippen LogP contribution in [-0.2, 0) is 6.42 Å². The third-order valence-electron chi connectivity index (χ3n) is 6.14. The van der Waals surface area contributed by atoms with Crippen LogP contribution in [0.15, 0.2) is 71.5 Å². The van der Waals surface area contributed by atoms with Crippen LogP contribution in [0.2, 0.25) is 10.0 Å². The van der Waals surface area contributed by atoms with Crippen molar-refractivity contribution in [1.29, 1.82) is 0 Å². The average Bonchev–Trinajstić information content (AvgIpc) is 2.86. The number of halogens is 2. The minimum atomic E-state index is -0.503. The van der Waals surface area contributed by atoms with Crippen molar-refractivity contribution in [2.45, 2.75) is 39.7 Å². The molecule has 4 aromatic rings. The van der Waals surface area contributed by atoms with Crippen molar-refractivity contribution < 1.29 is 4.79 Å². The summed E-state index contributed by atoms with van der Waals surface area (Å²) in [7, 11) is 0. The van der Waals surface area contributed by atoms with Crippen molar-refractivity contribution in [2.75, 3.05) is 6.54 Å². The summed E-state index contributed by atoms with van der Waals surface area (Å²) in [6.45, 7) is 6.43. The van der Waals surface area contributed by atoms with Gasteiger partial charge in [-0.2, -0.15) is 0 Å². The van der Waals surface area contributed by atoms with Crippen LogP contribution in [0.5, 0.6) is 0 Å². The van der Waals surface area contributed by atoms with Crippen molar-refractivity contribution in [3.05, 3.63) is 104 Å². The highest BCUT2D eigenvalue weighted by Gasteiger charge is 2.28. The van der Waals surface area contributed by atoms with E-state index in [-0.39, 0.29) is 16.5 Å². The maximum atomic E-state index is 13.8. The van der Waals surface area contributed by atoms with Crippen molar-refractivity contribution in [1.82, 2.24) is 14.5 Å². The number of amides is 1. The van der Waals surface area contributed by atoms with E-state index in [2.05, 4.69) is 6.92 Å². The molecule has 1 atom stereocenters. The fraction of sp³-hybridized carbons (Fsp3) is 0.250. The molecule has 35 heavy (non-hydrogen) atoms. The Bertz CT molecular complexity index is 1450. The maximum Gasteiger partial charge on any atom is 0.266 e. The molecule has 5 nitrogen and oxygen atoms in total. The molecule has 0 radical (unpaired) electrons. The molecule has 3 aromatic carbocycles. The Morgan fingerprint density at radius 1 is 1.03 bits per heavy atom. The number of carbonyl (C=O) groups is 1. The number of para-hydroxylation sites is 2. The van der Waals surface area contributed by atoms with Crippen LogP contribution < -0.4 is 5.56 Å². The molecule has 0 bridgehead atoms. The lowest BCUT2D eigenvalue weighted by Gasteiger charge is -2.31. The van der Waals surface area contributed by atoms with Crippen molar-refractivity contribution in [2.24, 2.45) is 0 Å². The van der Waals surface area contributed by atoms with Gasteiger partial charge in [-0.3, -0.25) is 14.2 Å². The zero-order valence-electron chi connectivity index (χ0n) is 20.0. The molecule has 1 unspecified atom stereocenters. The van der Waals surface area contributed by atoms with Crippen molar-refractivity contribution in [3.63, 3.8) is 0 Å². The minimum Gasteiger partial charge on any atom is -0.329 e. The average molecular weight is 508 g/mol. The third-order valence-corrected chi connectivity index (χ3v) is 6.69. The number of hydrogen-bond acceptors (Lipinski definition) is 3. The van der Waals surface area contributed by atoms with Gasteiger partial charge in [-0.05, 0) is 61.7 Å². The minimum absolute atomic E-state index is 0.160. The topological polar surface area (TPSA) is 55.2 Å². The molecule has 0 aliphatic heterocycles. The zero-order chi connectivity index (χ0) is 25.1. The molecule has 0 spiro atoms. The molecule has 180 valence electrons. The second-order valence-electron chi connectivity index (χ2n) is 8.41. The van der Waals surface area contributed by atoms with E-state index in [0.29, 0.717) is 33.9 Å². The third kappa shape index (κ3) is 4.84. The van der Waals surface area contributed by atoms with Crippen molar-refractivity contribution in [3.8, 4) is 5.69 Å². The summed E-state index contributed by atoms with van der Waals surface area (Å²) in [5.41, 5.74) is 2.59. The number of hydrogen-bond donors (Lipinski definition) is 0. The summed E-state index contributed by atoms with van der Waals surface area (Å²) in [6.07, 6.45) is 1.48. The molecule has 1 aromatic heterocycles. The van der Waals surface area contributed by atoms with E-state index in [1.807, 2.05) is 56.3 Å². The molecule has 4 rings (SSSR count). The zero-order valence-corrected chi connectivity index (χ0v) is 21.5. The van der Waals surface area contributed by atoms with E-state index in [9.17, 15) is 9.59 Å². The van der Waals surface area contributed by atoms with E-state index in [0.717, 1.165) is 24.1 Å². The van der Waals surface area contributed by atoms with Gasteiger partial charge in [0.2, 0.25) is 0 Å². The van der Waals surface area contributed by atoms with Gasteiger partial charge in [0.15, 0.2) is 0 Å². The van der Waals surface area contributed by atoms with E-state index >= 15 is 0 Å². The lowest BCUT2D eigenvalue weighted by Crippen LogP contribution is -2.38. The summed E-state index contributed by atoms with van der Waals surface area (Å²) in [5, 5.41) is 1.28. The maximum absolute atomic E-state index is 13.8. The first-order chi connectivity index (χ1) is 16.9. The molecule has 1 heterocycles. The van der Waals surface area contributed by atoms with Gasteiger partial charge in [0.1, 0.15) is 5.82 Å². The quantitative estimate of drug-likeness (QED) is 0.274. The van der Waals surface area contributed by atoms with Crippen LogP contribution in [0, 0.1) is 0 Å². The number of benzene rings is 3. The summed E-state index contributed by atoms with van der Waals surface area (Å²) in [5.74, 6) is 0.264. The van der Waals surface area contributed by atoms with Gasteiger partial charge >= 0.3 is 0 Å². The normalized spacial score (nSPS) is 12.0. The molecule has 0 saturated heterocycles. The highest BCUT2D eigenvalue weighted by atomic mass is 35.5. The van der Waals surface area contributed by atoms with Crippen molar-refractivity contribution >= 4 is 40.0 Å². The van der Waals surface area contributed by atoms with Gasteiger partial charge in [0.25, 0.3) is 11.5 Å². The first-order valence-corrected chi connectivity index (χ1v) is 12.5. The second-order valence-corrected chi connectivity index (χ2v) is 9.25. The number of rotatable bonds is 7. The number of carbonyl (C=O) groups excluding carboxylic acids is 1. The fourth-order valence-electron chi connectivity index (χ4n) is 4.36. The molecule has 0 fully saturated rings. The number of aromatic nitrogens is 2. The fourth-order valence-corrected chi connectivity index (χ4v) is 4.85. The van der Waals surface area contributed by atoms with Gasteiger partial charge in [-0.1, -0.05) is 67.4 Å². The highest BCUT2D eigenvalue weighted by molar-refractivity contribution is 6.36. The van der Waals surface area contributed by atoms with Crippen LogP contribution in [0.1, 0.15) is 55.0 Å². The first-order valence-electron chi connectivity index (χ1n) is 11.7. The first kappa shape index (κ1) is 25.0. The SMILES string of the molecule is CCCN(C(=O)c1ccc(Cl)cc1Cl)C(C)c1nc2ccccc2c(=O)n1-c1ccccc1CC. The largest absolute Gasteiger partial charge is 0.329 e. The molecular weight excluding hydrogens is 481 g/mol. The molecule has 1 amide bonds. The van der Waals surface area contributed by atoms with Gasteiger partial charge in [0.05, 0.1) is 33.2 Å². The van der Waals surface area contributed by atoms with Gasteiger partial charge in [-0.25, -0.2) is 4.98 Å². The number of aryl methyl sites for hydroxylation is 1. The van der Waals surface area contributed by atoms with E-state index in [1.54, 1.807) is 33.7 Å². The van der Waals surface area contributed by atoms with E-state index in [1.165, 1.54) is 0 Å². The van der Waals surface area contributed by atoms with E-state index < -0.39 is 6.04 Å². The Morgan fingerprint density at radius 3 is 2.46 bits per heavy atom. The molecule has 0 saturated carbocycles. The summed E-state index contributed by atoms with van der Waals surface area (Å²) >= 11 is 12.4. The standard InChI is InChI=1S/C28H27Cl2N3O2/c1-4-16-32(27(34)21-15-14-20(29)17-23(21)30)18(3)26-31-24-12-8-7-11-22(24)28(35)33(26)25-13-9-6-10-19(25)5-2/h6-15,17-18H,4-5,16H2,1-3H3.